The van der Waals surface area contributed by atoms with Crippen LogP contribution < -0.4 is 10.2 Å². The fraction of sp³-hybridized carbons (Fsp3) is 0.385. The Labute approximate surface area is 203 Å². The Bertz CT molecular complexity index is 1160. The largest absolute Gasteiger partial charge is 0.372 e. The van der Waals surface area contributed by atoms with Gasteiger partial charge in [0.1, 0.15) is 9.88 Å². The molecule has 1 aromatic carbocycles. The van der Waals surface area contributed by atoms with Gasteiger partial charge in [-0.3, -0.25) is 14.6 Å². The van der Waals surface area contributed by atoms with Crippen LogP contribution in [0.15, 0.2) is 48.8 Å². The summed E-state index contributed by atoms with van der Waals surface area (Å²) < 4.78 is 0. The maximum atomic E-state index is 13.3. The summed E-state index contributed by atoms with van der Waals surface area (Å²) >= 11 is 1.39. The number of aryl methyl sites for hydroxylation is 1. The predicted molar refractivity (Wildman–Crippen MR) is 135 cm³/mol. The number of rotatable bonds is 5. The second kappa shape index (κ2) is 9.93. The second-order valence-corrected chi connectivity index (χ2v) is 9.99. The molecule has 3 aromatic rings. The minimum absolute atomic E-state index is 0.0245. The van der Waals surface area contributed by atoms with Crippen LogP contribution in [0.4, 0.5) is 11.4 Å². The van der Waals surface area contributed by atoms with Crippen LogP contribution >= 0.6 is 11.3 Å². The van der Waals surface area contributed by atoms with E-state index in [4.69, 9.17) is 0 Å². The van der Waals surface area contributed by atoms with Gasteiger partial charge in [0.2, 0.25) is 5.91 Å². The number of hydrogen-bond donors (Lipinski definition) is 1. The summed E-state index contributed by atoms with van der Waals surface area (Å²) in [5.74, 6) is -0.289. The molecule has 2 saturated heterocycles. The lowest BCUT2D eigenvalue weighted by atomic mass is 9.96. The van der Waals surface area contributed by atoms with E-state index in [1.807, 2.05) is 31.2 Å². The number of hydrogen-bond acceptors (Lipinski definition) is 6. The maximum Gasteiger partial charge on any atom is 0.265 e. The molecule has 4 heterocycles. The molecule has 2 aliphatic rings. The lowest BCUT2D eigenvalue weighted by Gasteiger charge is -2.32. The van der Waals surface area contributed by atoms with Crippen LogP contribution in [0.1, 0.15) is 41.0 Å². The molecule has 176 valence electrons. The average Bonchev–Trinajstić information content (AvgIpc) is 3.55. The molecule has 1 unspecified atom stereocenters. The average molecular weight is 476 g/mol. The number of nitrogens with one attached hydrogen (secondary N) is 1. The molecule has 34 heavy (non-hydrogen) atoms. The van der Waals surface area contributed by atoms with Gasteiger partial charge in [-0.15, -0.1) is 11.3 Å². The number of likely N-dealkylation sites (tertiary alicyclic amines) is 1. The number of piperidine rings is 1. The Hall–Kier alpha value is -3.26. The normalized spacial score (nSPS) is 18.2. The van der Waals surface area contributed by atoms with Crippen LogP contribution in [0.3, 0.4) is 0 Å². The van der Waals surface area contributed by atoms with E-state index in [1.165, 1.54) is 29.9 Å². The molecule has 7 nitrogen and oxygen atoms in total. The molecule has 1 atom stereocenters. The molecule has 5 rings (SSSR count). The highest BCUT2D eigenvalue weighted by molar-refractivity contribution is 7.17. The Morgan fingerprint density at radius 2 is 1.85 bits per heavy atom. The van der Waals surface area contributed by atoms with Gasteiger partial charge < -0.3 is 15.1 Å². The first kappa shape index (κ1) is 22.5. The Kier molecular flexibility index (Phi) is 6.58. The summed E-state index contributed by atoms with van der Waals surface area (Å²) in [6, 6.07) is 11.9. The second-order valence-electron chi connectivity index (χ2n) is 9.00. The van der Waals surface area contributed by atoms with Crippen LogP contribution in [0, 0.1) is 12.8 Å². The van der Waals surface area contributed by atoms with E-state index in [2.05, 4.69) is 32.3 Å². The fourth-order valence-electron chi connectivity index (χ4n) is 4.70. The number of benzene rings is 1. The highest BCUT2D eigenvalue weighted by atomic mass is 32.1. The number of carbonyl (C=O) groups is 2. The minimum atomic E-state index is -0.220. The summed E-state index contributed by atoms with van der Waals surface area (Å²) in [4.78, 5) is 39.8. The molecule has 2 aliphatic heterocycles. The molecule has 0 bridgehead atoms. The zero-order valence-corrected chi connectivity index (χ0v) is 20.2. The molecule has 0 aliphatic carbocycles. The van der Waals surface area contributed by atoms with E-state index in [-0.39, 0.29) is 17.7 Å². The molecule has 2 amide bonds. The molecule has 2 aromatic heterocycles. The van der Waals surface area contributed by atoms with Gasteiger partial charge in [-0.1, -0.05) is 0 Å². The third-order valence-electron chi connectivity index (χ3n) is 6.58. The van der Waals surface area contributed by atoms with Crippen molar-refractivity contribution in [3.63, 3.8) is 0 Å². The van der Waals surface area contributed by atoms with Crippen molar-refractivity contribution in [1.29, 1.82) is 0 Å². The van der Waals surface area contributed by atoms with Crippen molar-refractivity contribution < 1.29 is 9.59 Å². The van der Waals surface area contributed by atoms with Gasteiger partial charge in [-0.05, 0) is 69.0 Å². The summed E-state index contributed by atoms with van der Waals surface area (Å²) in [7, 11) is 0. The van der Waals surface area contributed by atoms with Crippen LogP contribution in [-0.2, 0) is 4.79 Å². The van der Waals surface area contributed by atoms with Crippen LogP contribution in [0.25, 0.3) is 10.6 Å². The lowest BCUT2D eigenvalue weighted by molar-refractivity contribution is -0.121. The van der Waals surface area contributed by atoms with Crippen molar-refractivity contribution in [3.8, 4) is 10.6 Å². The highest BCUT2D eigenvalue weighted by Gasteiger charge is 2.31. The van der Waals surface area contributed by atoms with E-state index >= 15 is 0 Å². The standard InChI is InChI=1S/C26H29N5O2S/c1-18-23(34-25(28-18)19-6-4-12-27-16-19)26(33)31-15-5-7-20(17-31)24(32)29-21-8-10-22(11-9-21)30-13-2-3-14-30/h4,6,8-12,16,20H,2-3,5,7,13-15,17H2,1H3,(H,29,32). The number of amides is 2. The topological polar surface area (TPSA) is 78.4 Å². The summed E-state index contributed by atoms with van der Waals surface area (Å²) in [5.41, 5.74) is 3.63. The van der Waals surface area contributed by atoms with Crippen molar-refractivity contribution in [1.82, 2.24) is 14.9 Å². The van der Waals surface area contributed by atoms with E-state index in [0.717, 1.165) is 47.9 Å². The van der Waals surface area contributed by atoms with Crippen molar-refractivity contribution in [2.24, 2.45) is 5.92 Å². The van der Waals surface area contributed by atoms with Gasteiger partial charge in [0.25, 0.3) is 5.91 Å². The molecule has 0 radical (unpaired) electrons. The van der Waals surface area contributed by atoms with Gasteiger partial charge in [-0.25, -0.2) is 4.98 Å². The lowest BCUT2D eigenvalue weighted by Crippen LogP contribution is -2.43. The van der Waals surface area contributed by atoms with E-state index in [1.54, 1.807) is 17.3 Å². The Morgan fingerprint density at radius 1 is 1.06 bits per heavy atom. The zero-order valence-electron chi connectivity index (χ0n) is 19.4. The van der Waals surface area contributed by atoms with Gasteiger partial charge >= 0.3 is 0 Å². The first-order valence-corrected chi connectivity index (χ1v) is 12.7. The van der Waals surface area contributed by atoms with Gasteiger partial charge in [0.05, 0.1) is 11.6 Å². The summed E-state index contributed by atoms with van der Waals surface area (Å²) in [6.07, 6.45) is 7.54. The van der Waals surface area contributed by atoms with Gasteiger partial charge in [-0.2, -0.15) is 0 Å². The van der Waals surface area contributed by atoms with Gasteiger partial charge in [0.15, 0.2) is 0 Å². The number of carbonyl (C=O) groups excluding carboxylic acids is 2. The van der Waals surface area contributed by atoms with Crippen molar-refractivity contribution in [3.05, 3.63) is 59.4 Å². The SMILES string of the molecule is Cc1nc(-c2cccnc2)sc1C(=O)N1CCCC(C(=O)Nc2ccc(N3CCCC3)cc2)C1. The van der Waals surface area contributed by atoms with E-state index < -0.39 is 0 Å². The number of pyridine rings is 1. The Balaban J connectivity index is 1.22. The molecule has 1 N–H and O–H groups in total. The molecule has 2 fully saturated rings. The Morgan fingerprint density at radius 3 is 2.59 bits per heavy atom. The maximum absolute atomic E-state index is 13.3. The number of thiazole rings is 1. The molecule has 0 saturated carbocycles. The van der Waals surface area contributed by atoms with E-state index in [0.29, 0.717) is 18.0 Å². The first-order chi connectivity index (χ1) is 16.6. The van der Waals surface area contributed by atoms with Crippen molar-refractivity contribution in [2.75, 3.05) is 36.4 Å². The smallest absolute Gasteiger partial charge is 0.265 e. The molecule has 0 spiro atoms. The quantitative estimate of drug-likeness (QED) is 0.583. The highest BCUT2D eigenvalue weighted by Crippen LogP contribution is 2.30. The van der Waals surface area contributed by atoms with Crippen molar-refractivity contribution in [2.45, 2.75) is 32.6 Å². The van der Waals surface area contributed by atoms with Crippen LogP contribution in [-0.4, -0.2) is 52.9 Å². The first-order valence-electron chi connectivity index (χ1n) is 11.9. The van der Waals surface area contributed by atoms with Crippen LogP contribution in [0.5, 0.6) is 0 Å². The summed E-state index contributed by atoms with van der Waals surface area (Å²) in [5, 5.41) is 3.84. The fourth-order valence-corrected chi connectivity index (χ4v) is 5.73. The zero-order chi connectivity index (χ0) is 23.5. The predicted octanol–water partition coefficient (Wildman–Crippen LogP) is 4.60. The van der Waals surface area contributed by atoms with Gasteiger partial charge in [0, 0.05) is 55.5 Å². The number of aromatic nitrogens is 2. The summed E-state index contributed by atoms with van der Waals surface area (Å²) in [6.45, 7) is 5.15. The number of nitrogens with zero attached hydrogens (tertiary/aromatic N) is 4. The van der Waals surface area contributed by atoms with E-state index in [9.17, 15) is 9.59 Å². The molecule has 8 heteroatoms. The minimum Gasteiger partial charge on any atom is -0.372 e. The number of anilines is 2. The third-order valence-corrected chi connectivity index (χ3v) is 7.78. The monoisotopic (exact) mass is 475 g/mol. The molecular formula is C26H29N5O2S. The van der Waals surface area contributed by atoms with Crippen LogP contribution in [0.2, 0.25) is 0 Å². The van der Waals surface area contributed by atoms with Crippen molar-refractivity contribution >= 4 is 34.5 Å². The third kappa shape index (κ3) is 4.82. The molecular weight excluding hydrogens is 446 g/mol.